The normalized spacial score (nSPS) is 12.8. The minimum atomic E-state index is -6.00. The molecule has 0 aliphatic rings. The van der Waals surface area contributed by atoms with Crippen LogP contribution in [0.3, 0.4) is 0 Å². The van der Waals surface area contributed by atoms with Gasteiger partial charge in [0.05, 0.1) is 0 Å². The maximum Gasteiger partial charge on any atom is 0.673 e. The standard InChI is InChI=1S/C22H23P.BF4/c1-2-21(18-12-6-3-7-13-18)22(23,19-14-8-4-9-15-19)20-16-10-5-11-17-20;2-1(3,4)5/h3-17,21H,2,23H2,1H3;/q;-1/p+1. The quantitative estimate of drug-likeness (QED) is 0.242. The Morgan fingerprint density at radius 2 is 1.04 bits per heavy atom. The van der Waals surface area contributed by atoms with Crippen LogP contribution in [0.2, 0.25) is 0 Å². The molecular weight excluding hydrogens is 382 g/mol. The zero-order valence-corrected chi connectivity index (χ0v) is 17.2. The number of halogens is 4. The second-order valence-electron chi connectivity index (χ2n) is 6.57. The first-order valence-electron chi connectivity index (χ1n) is 9.15. The van der Waals surface area contributed by atoms with Gasteiger partial charge in [-0.05, 0) is 32.4 Å². The summed E-state index contributed by atoms with van der Waals surface area (Å²) in [4.78, 5) is 0. The summed E-state index contributed by atoms with van der Waals surface area (Å²) in [6, 6.07) is 32.8. The molecule has 0 bridgehead atoms. The van der Waals surface area contributed by atoms with E-state index < -0.39 is 7.25 Å². The Morgan fingerprint density at radius 1 is 0.714 bits per heavy atom. The van der Waals surface area contributed by atoms with Crippen LogP contribution in [-0.2, 0) is 5.16 Å². The van der Waals surface area contributed by atoms with E-state index in [1.807, 2.05) is 0 Å². The molecular formula is C22H24BF4P. The fourth-order valence-electron chi connectivity index (χ4n) is 3.59. The Morgan fingerprint density at radius 3 is 1.36 bits per heavy atom. The highest BCUT2D eigenvalue weighted by atomic mass is 31.0. The maximum atomic E-state index is 9.75. The van der Waals surface area contributed by atoms with Gasteiger partial charge in [-0.3, -0.25) is 0 Å². The Hall–Kier alpha value is -2.13. The highest BCUT2D eigenvalue weighted by Gasteiger charge is 2.42. The van der Waals surface area contributed by atoms with Crippen molar-refractivity contribution in [3.05, 3.63) is 108 Å². The van der Waals surface area contributed by atoms with Crippen LogP contribution in [-0.4, -0.2) is 7.25 Å². The lowest BCUT2D eigenvalue weighted by Crippen LogP contribution is -2.28. The van der Waals surface area contributed by atoms with Crippen LogP contribution in [0.1, 0.15) is 36.0 Å². The summed E-state index contributed by atoms with van der Waals surface area (Å²) < 4.78 is 39.0. The van der Waals surface area contributed by atoms with E-state index in [0.717, 1.165) is 6.42 Å². The molecule has 3 rings (SSSR count). The molecule has 0 aliphatic carbocycles. The Balaban J connectivity index is 0.000000500. The maximum absolute atomic E-state index is 9.75. The third-order valence-corrected chi connectivity index (χ3v) is 6.09. The van der Waals surface area contributed by atoms with E-state index in [4.69, 9.17) is 0 Å². The lowest BCUT2D eigenvalue weighted by Gasteiger charge is -2.34. The summed E-state index contributed by atoms with van der Waals surface area (Å²) in [6.45, 7) is 2.30. The molecule has 3 aromatic carbocycles. The zero-order valence-electron chi connectivity index (χ0n) is 15.7. The molecule has 2 atom stereocenters. The van der Waals surface area contributed by atoms with Crippen molar-refractivity contribution in [2.75, 3.05) is 0 Å². The lowest BCUT2D eigenvalue weighted by molar-refractivity contribution is 0.368. The first-order chi connectivity index (χ1) is 13.3. The molecule has 3 aromatic rings. The van der Waals surface area contributed by atoms with Crippen molar-refractivity contribution < 1.29 is 17.3 Å². The Labute approximate surface area is 166 Å². The summed E-state index contributed by atoms with van der Waals surface area (Å²) in [5, 5.41) is -0.0153. The van der Waals surface area contributed by atoms with E-state index in [1.165, 1.54) is 16.7 Å². The summed E-state index contributed by atoms with van der Waals surface area (Å²) in [5.41, 5.74) is 4.19. The molecule has 28 heavy (non-hydrogen) atoms. The van der Waals surface area contributed by atoms with Gasteiger partial charge in [0, 0.05) is 5.92 Å². The first-order valence-corrected chi connectivity index (χ1v) is 9.86. The molecule has 0 amide bonds. The number of hydrogen-bond donors (Lipinski definition) is 0. The van der Waals surface area contributed by atoms with Gasteiger partial charge >= 0.3 is 7.25 Å². The van der Waals surface area contributed by atoms with Gasteiger partial charge < -0.3 is 17.3 Å². The molecule has 6 heteroatoms. The summed E-state index contributed by atoms with van der Waals surface area (Å²) in [7, 11) is -3.88. The molecule has 0 nitrogen and oxygen atoms in total. The van der Waals surface area contributed by atoms with Crippen molar-refractivity contribution >= 4 is 16.5 Å². The van der Waals surface area contributed by atoms with Crippen LogP contribution in [0.25, 0.3) is 0 Å². The predicted octanol–water partition coefficient (Wildman–Crippen LogP) is 7.03. The van der Waals surface area contributed by atoms with Gasteiger partial charge in [0.2, 0.25) is 0 Å². The molecule has 0 fully saturated rings. The van der Waals surface area contributed by atoms with Crippen LogP contribution < -0.4 is 0 Å². The lowest BCUT2D eigenvalue weighted by atomic mass is 9.75. The SMILES string of the molecule is CCC(c1ccccc1)C([PH3+])(c1ccccc1)c1ccccc1.F[B-](F)(F)F. The van der Waals surface area contributed by atoms with Crippen LogP contribution in [0.4, 0.5) is 17.3 Å². The van der Waals surface area contributed by atoms with Gasteiger partial charge in [0.15, 0.2) is 0 Å². The summed E-state index contributed by atoms with van der Waals surface area (Å²) in [6.07, 6.45) is 1.11. The van der Waals surface area contributed by atoms with Crippen LogP contribution in [0, 0.1) is 0 Å². The number of benzene rings is 3. The van der Waals surface area contributed by atoms with Crippen LogP contribution in [0.15, 0.2) is 91.0 Å². The summed E-state index contributed by atoms with van der Waals surface area (Å²) in [5.74, 6) is 0.451. The average molecular weight is 406 g/mol. The Bertz CT molecular complexity index is 778. The predicted molar refractivity (Wildman–Crippen MR) is 114 cm³/mol. The molecule has 0 saturated heterocycles. The monoisotopic (exact) mass is 406 g/mol. The first kappa shape index (κ1) is 22.2. The van der Waals surface area contributed by atoms with Gasteiger partial charge in [-0.15, -0.1) is 0 Å². The fourth-order valence-corrected chi connectivity index (χ4v) is 4.59. The van der Waals surface area contributed by atoms with E-state index >= 15 is 0 Å². The number of hydrogen-bond acceptors (Lipinski definition) is 0. The third kappa shape index (κ3) is 5.94. The van der Waals surface area contributed by atoms with Crippen LogP contribution >= 0.6 is 9.24 Å². The Kier molecular flexibility index (Phi) is 7.83. The second-order valence-corrected chi connectivity index (χ2v) is 7.69. The molecule has 2 unspecified atom stereocenters. The smallest absolute Gasteiger partial charge is 0.418 e. The molecule has 0 radical (unpaired) electrons. The van der Waals surface area contributed by atoms with Crippen molar-refractivity contribution in [2.45, 2.75) is 24.4 Å². The molecule has 0 aromatic heterocycles. The minimum absolute atomic E-state index is 0.0153. The van der Waals surface area contributed by atoms with Crippen LogP contribution in [0.5, 0.6) is 0 Å². The van der Waals surface area contributed by atoms with Crippen molar-refractivity contribution in [1.82, 2.24) is 0 Å². The molecule has 148 valence electrons. The zero-order chi connectivity index (χ0) is 20.6. The van der Waals surface area contributed by atoms with E-state index in [0.29, 0.717) is 5.92 Å². The summed E-state index contributed by atoms with van der Waals surface area (Å²) >= 11 is 0. The number of rotatable bonds is 5. The molecule has 0 aliphatic heterocycles. The molecule has 0 heterocycles. The van der Waals surface area contributed by atoms with Gasteiger partial charge in [-0.1, -0.05) is 97.9 Å². The highest BCUT2D eigenvalue weighted by Crippen LogP contribution is 2.51. The van der Waals surface area contributed by atoms with Gasteiger partial charge in [-0.25, -0.2) is 0 Å². The average Bonchev–Trinajstić information content (AvgIpc) is 2.69. The molecule has 0 saturated carbocycles. The highest BCUT2D eigenvalue weighted by molar-refractivity contribution is 7.19. The molecule has 0 N–H and O–H groups in total. The third-order valence-electron chi connectivity index (χ3n) is 4.78. The van der Waals surface area contributed by atoms with Gasteiger partial charge in [0.25, 0.3) is 0 Å². The van der Waals surface area contributed by atoms with E-state index in [1.54, 1.807) is 0 Å². The van der Waals surface area contributed by atoms with E-state index in [2.05, 4.69) is 107 Å². The van der Waals surface area contributed by atoms with E-state index in [-0.39, 0.29) is 5.16 Å². The topological polar surface area (TPSA) is 0 Å². The van der Waals surface area contributed by atoms with Crippen molar-refractivity contribution in [3.63, 3.8) is 0 Å². The van der Waals surface area contributed by atoms with Crippen molar-refractivity contribution in [3.8, 4) is 0 Å². The molecule has 0 spiro atoms. The van der Waals surface area contributed by atoms with E-state index in [9.17, 15) is 17.3 Å². The largest absolute Gasteiger partial charge is 0.673 e. The minimum Gasteiger partial charge on any atom is -0.418 e. The fraction of sp³-hybridized carbons (Fsp3) is 0.182. The second kappa shape index (κ2) is 9.88. The van der Waals surface area contributed by atoms with Gasteiger partial charge in [-0.2, -0.15) is 0 Å². The van der Waals surface area contributed by atoms with Gasteiger partial charge in [0.1, 0.15) is 5.16 Å². The van der Waals surface area contributed by atoms with Crippen molar-refractivity contribution in [2.24, 2.45) is 0 Å². The van der Waals surface area contributed by atoms with Crippen molar-refractivity contribution in [1.29, 1.82) is 0 Å².